The fourth-order valence-corrected chi connectivity index (χ4v) is 5.24. The summed E-state index contributed by atoms with van der Waals surface area (Å²) in [5.74, 6) is -1.92. The van der Waals surface area contributed by atoms with Crippen LogP contribution < -0.4 is 16.2 Å². The predicted molar refractivity (Wildman–Crippen MR) is 124 cm³/mol. The highest BCUT2D eigenvalue weighted by Crippen LogP contribution is 2.47. The molecule has 32 heavy (non-hydrogen) atoms. The molecule has 2 amide bonds. The molecule has 8 N–H and O–H groups in total. The van der Waals surface area contributed by atoms with Crippen molar-refractivity contribution in [2.45, 2.75) is 60.3 Å². The number of carbonyl (C=O) groups excluding carboxylic acids is 1. The lowest BCUT2D eigenvalue weighted by molar-refractivity contribution is -0.166. The number of nitrogens with zero attached hydrogens (tertiary/aromatic N) is 1. The molecule has 1 unspecified atom stereocenters. The van der Waals surface area contributed by atoms with E-state index >= 15 is 0 Å². The molecule has 13 heteroatoms. The van der Waals surface area contributed by atoms with Gasteiger partial charge < -0.3 is 26.4 Å². The third kappa shape index (κ3) is 4.92. The summed E-state index contributed by atoms with van der Waals surface area (Å²) in [4.78, 5) is 15.1. The zero-order valence-corrected chi connectivity index (χ0v) is 19.3. The Morgan fingerprint density at radius 3 is 2.34 bits per heavy atom. The van der Waals surface area contributed by atoms with E-state index in [1.165, 1.54) is 6.20 Å². The molecule has 1 aromatic carbocycles. The van der Waals surface area contributed by atoms with Crippen molar-refractivity contribution in [3.05, 3.63) is 39.5 Å². The number of hydrogen-bond donors (Lipinski definition) is 6. The highest BCUT2D eigenvalue weighted by atomic mass is 32.2. The zero-order chi connectivity index (χ0) is 24.1. The number of benzene rings is 1. The Hall–Kier alpha value is -1.76. The maximum absolute atomic E-state index is 11.2. The Balaban J connectivity index is 0.000000207. The molecule has 9 nitrogen and oxygen atoms in total. The van der Waals surface area contributed by atoms with Gasteiger partial charge in [-0.05, 0) is 37.8 Å². The lowest BCUT2D eigenvalue weighted by Crippen LogP contribution is -2.27. The molecule has 0 aliphatic heterocycles. The minimum Gasteiger partial charge on any atom is -0.383 e. The van der Waals surface area contributed by atoms with Gasteiger partial charge in [0.2, 0.25) is 0 Å². The number of amides is 2. The number of nitrogens with two attached hydrogens (primary N) is 2. The molecule has 1 aromatic heterocycles. The van der Waals surface area contributed by atoms with Gasteiger partial charge in [0.05, 0.1) is 21.9 Å². The average molecular weight is 474 g/mol. The van der Waals surface area contributed by atoms with Crippen LogP contribution in [0.3, 0.4) is 0 Å². The molecule has 2 aliphatic rings. The summed E-state index contributed by atoms with van der Waals surface area (Å²) in [5, 5.41) is 36.8. The number of fused-ring (bicyclic) bond motifs is 2. The van der Waals surface area contributed by atoms with E-state index in [2.05, 4.69) is 10.3 Å². The Labute approximate surface area is 195 Å². The number of nitrogens with one attached hydrogen (secondary N) is 1. The summed E-state index contributed by atoms with van der Waals surface area (Å²) >= 11 is 1.16. The molecule has 0 fully saturated rings. The van der Waals surface area contributed by atoms with Crippen LogP contribution in [0.15, 0.2) is 16.5 Å². The van der Waals surface area contributed by atoms with E-state index in [0.717, 1.165) is 16.9 Å². The van der Waals surface area contributed by atoms with E-state index in [1.54, 1.807) is 19.9 Å². The van der Waals surface area contributed by atoms with Crippen molar-refractivity contribution in [1.82, 2.24) is 4.98 Å². The number of rotatable bonds is 3. The normalized spacial score (nSPS) is 18.8. The van der Waals surface area contributed by atoms with Gasteiger partial charge in [0, 0.05) is 17.7 Å². The van der Waals surface area contributed by atoms with Gasteiger partial charge in [-0.3, -0.25) is 0 Å². The molecule has 0 bridgehead atoms. The van der Waals surface area contributed by atoms with E-state index in [1.807, 2.05) is 0 Å². The van der Waals surface area contributed by atoms with Crippen LogP contribution in [0.4, 0.5) is 10.5 Å². The van der Waals surface area contributed by atoms with E-state index < -0.39 is 33.6 Å². The van der Waals surface area contributed by atoms with Crippen LogP contribution in [0.1, 0.15) is 54.0 Å². The van der Waals surface area contributed by atoms with Crippen molar-refractivity contribution in [1.29, 1.82) is 0 Å². The average Bonchev–Trinajstić information content (AvgIpc) is 3.33. The topological polar surface area (TPSA) is 172 Å². The molecule has 1 atom stereocenters. The van der Waals surface area contributed by atoms with Crippen LogP contribution in [-0.2, 0) is 40.4 Å². The molecular formula is C19H24B2N4O5S2. The predicted octanol–water partition coefficient (Wildman–Crippen LogP) is 0.0486. The van der Waals surface area contributed by atoms with Crippen molar-refractivity contribution in [3.8, 4) is 0 Å². The highest BCUT2D eigenvalue weighted by Gasteiger charge is 2.41. The number of aromatic nitrogens is 1. The summed E-state index contributed by atoms with van der Waals surface area (Å²) in [6.45, 7) is 3.24. The van der Waals surface area contributed by atoms with Crippen LogP contribution in [0.2, 0.25) is 0 Å². The first-order valence-corrected chi connectivity index (χ1v) is 11.8. The quantitative estimate of drug-likeness (QED) is 0.271. The Morgan fingerprint density at radius 2 is 1.84 bits per heavy atom. The van der Waals surface area contributed by atoms with Crippen LogP contribution in [0, 0.1) is 0 Å². The third-order valence-electron chi connectivity index (χ3n) is 5.44. The van der Waals surface area contributed by atoms with E-state index in [9.17, 15) is 24.3 Å². The van der Waals surface area contributed by atoms with Gasteiger partial charge in [-0.2, -0.15) is 0 Å². The van der Waals surface area contributed by atoms with Gasteiger partial charge in [0.25, 0.3) is 0 Å². The second-order valence-corrected chi connectivity index (χ2v) is 10.8. The van der Waals surface area contributed by atoms with Crippen LogP contribution in [0.5, 0.6) is 0 Å². The van der Waals surface area contributed by atoms with Crippen molar-refractivity contribution >= 4 is 49.7 Å². The second-order valence-electron chi connectivity index (χ2n) is 8.49. The SMILES string of the molecule is CC(C)(O)c1ncc(S(N)=O)s1.[B]C1([B])CCc2c1cc1c(c2NC(N)=O)CCC1(O)O. The van der Waals surface area contributed by atoms with Crippen molar-refractivity contribution in [2.75, 3.05) is 5.32 Å². The number of carbonyl (C=O) groups is 1. The largest absolute Gasteiger partial charge is 0.383 e. The van der Waals surface area contributed by atoms with Crippen molar-refractivity contribution in [2.24, 2.45) is 10.9 Å². The summed E-state index contributed by atoms with van der Waals surface area (Å²) in [5.41, 5.74) is 7.28. The number of aliphatic hydroxyl groups is 3. The smallest absolute Gasteiger partial charge is 0.316 e. The van der Waals surface area contributed by atoms with Crippen LogP contribution in [0.25, 0.3) is 0 Å². The Morgan fingerprint density at radius 1 is 1.25 bits per heavy atom. The highest BCUT2D eigenvalue weighted by molar-refractivity contribution is 7.85. The molecule has 4 rings (SSSR count). The van der Waals surface area contributed by atoms with Gasteiger partial charge >= 0.3 is 6.03 Å². The van der Waals surface area contributed by atoms with Gasteiger partial charge in [-0.25, -0.2) is 19.1 Å². The number of thiazole rings is 1. The lowest BCUT2D eigenvalue weighted by atomic mass is 9.51. The summed E-state index contributed by atoms with van der Waals surface area (Å²) in [6, 6.07) is 0.956. The molecule has 4 radical (unpaired) electrons. The summed E-state index contributed by atoms with van der Waals surface area (Å²) in [7, 11) is 10.6. The maximum atomic E-state index is 11.2. The van der Waals surface area contributed by atoms with Crippen molar-refractivity contribution < 1.29 is 24.3 Å². The molecule has 0 saturated carbocycles. The molecule has 168 valence electrons. The molecule has 1 heterocycles. The minimum atomic E-state index is -1.92. The lowest BCUT2D eigenvalue weighted by Gasteiger charge is -2.25. The number of anilines is 1. The Kier molecular flexibility index (Phi) is 6.64. The van der Waals surface area contributed by atoms with Crippen LogP contribution in [-0.4, -0.2) is 46.2 Å². The molecular weight excluding hydrogens is 450 g/mol. The fourth-order valence-electron chi connectivity index (χ4n) is 3.87. The van der Waals surface area contributed by atoms with Crippen LogP contribution >= 0.6 is 11.3 Å². The third-order valence-corrected chi connectivity index (χ3v) is 7.79. The molecule has 2 aliphatic carbocycles. The van der Waals surface area contributed by atoms with E-state index in [-0.39, 0.29) is 6.42 Å². The van der Waals surface area contributed by atoms with E-state index in [4.69, 9.17) is 26.6 Å². The fraction of sp³-hybridized carbons (Fsp3) is 0.474. The summed E-state index contributed by atoms with van der Waals surface area (Å²) < 4.78 is 11.2. The van der Waals surface area contributed by atoms with E-state index in [0.29, 0.717) is 50.9 Å². The monoisotopic (exact) mass is 474 g/mol. The molecule has 2 aromatic rings. The van der Waals surface area contributed by atoms with Gasteiger partial charge in [-0.1, -0.05) is 23.3 Å². The molecule has 0 spiro atoms. The number of urea groups is 1. The maximum Gasteiger partial charge on any atom is 0.316 e. The second kappa shape index (κ2) is 8.54. The van der Waals surface area contributed by atoms with Crippen molar-refractivity contribution in [3.63, 3.8) is 0 Å². The first-order valence-electron chi connectivity index (χ1n) is 9.77. The van der Waals surface area contributed by atoms with Gasteiger partial charge in [0.15, 0.2) is 5.79 Å². The standard InChI is InChI=1S/C13H14B2N2O3.C6H10N2O2S2/c14-12(15)3-1-6-8(12)5-9-7(2-4-13(9,19)20)10(6)17-11(16)18;1-6(2,9)5-8-3-4(11-5)12(7)10/h5,19-20H,1-4H2,(H3,16,17,18);3,9H,7H2,1-2H3. The number of hydrogen-bond acceptors (Lipinski definition) is 7. The first kappa shape index (κ1) is 24.9. The minimum absolute atomic E-state index is 0.167. The first-order chi connectivity index (χ1) is 14.6. The number of primary amides is 1. The Bertz CT molecular complexity index is 1040. The van der Waals surface area contributed by atoms with Gasteiger partial charge in [-0.15, -0.1) is 11.3 Å². The summed E-state index contributed by atoms with van der Waals surface area (Å²) in [6.07, 6.45) is 3.19. The van der Waals surface area contributed by atoms with Gasteiger partial charge in [0.1, 0.15) is 25.8 Å². The zero-order valence-electron chi connectivity index (χ0n) is 17.7. The molecule has 0 saturated heterocycles.